The first-order valence-corrected chi connectivity index (χ1v) is 4.39. The lowest BCUT2D eigenvalue weighted by molar-refractivity contribution is 0.218. The molecule has 0 aliphatic carbocycles. The molecule has 0 spiro atoms. The van der Waals surface area contributed by atoms with E-state index in [0.717, 1.165) is 5.75 Å². The number of hydrazine groups is 1. The van der Waals surface area contributed by atoms with E-state index in [-0.39, 0.29) is 6.10 Å². The Morgan fingerprint density at radius 1 is 1.38 bits per heavy atom. The monoisotopic (exact) mass is 180 g/mol. The van der Waals surface area contributed by atoms with Gasteiger partial charge in [0.05, 0.1) is 0 Å². The molecule has 0 bridgehead atoms. The first-order chi connectivity index (χ1) is 6.22. The second-order valence-corrected chi connectivity index (χ2v) is 3.15. The van der Waals surface area contributed by atoms with E-state index < -0.39 is 0 Å². The van der Waals surface area contributed by atoms with Crippen LogP contribution < -0.4 is 16.0 Å². The van der Waals surface area contributed by atoms with Crippen molar-refractivity contribution in [3.05, 3.63) is 29.8 Å². The zero-order valence-electron chi connectivity index (χ0n) is 8.08. The summed E-state index contributed by atoms with van der Waals surface area (Å²) in [4.78, 5) is 0. The van der Waals surface area contributed by atoms with Crippen molar-refractivity contribution in [2.75, 3.05) is 6.54 Å². The number of ether oxygens (including phenoxy) is 1. The van der Waals surface area contributed by atoms with Gasteiger partial charge in [-0.25, -0.2) is 0 Å². The van der Waals surface area contributed by atoms with Gasteiger partial charge < -0.3 is 4.74 Å². The van der Waals surface area contributed by atoms with E-state index in [2.05, 4.69) is 12.3 Å². The van der Waals surface area contributed by atoms with Crippen LogP contribution in [0.1, 0.15) is 12.5 Å². The van der Waals surface area contributed by atoms with Crippen LogP contribution in [0, 0.1) is 6.92 Å². The van der Waals surface area contributed by atoms with E-state index in [1.165, 1.54) is 5.56 Å². The fourth-order valence-electron chi connectivity index (χ4n) is 1.06. The SMILES string of the molecule is Cc1ccc(OC(C)CNN)cc1. The molecule has 0 heterocycles. The van der Waals surface area contributed by atoms with Crippen LogP contribution in [-0.4, -0.2) is 12.6 Å². The molecule has 0 saturated heterocycles. The molecule has 0 amide bonds. The van der Waals surface area contributed by atoms with Crippen molar-refractivity contribution >= 4 is 0 Å². The lowest BCUT2D eigenvalue weighted by atomic mass is 10.2. The molecule has 0 saturated carbocycles. The van der Waals surface area contributed by atoms with Crippen molar-refractivity contribution in [2.24, 2.45) is 5.84 Å². The van der Waals surface area contributed by atoms with Gasteiger partial charge in [-0.05, 0) is 26.0 Å². The molecule has 0 fully saturated rings. The third kappa shape index (κ3) is 3.44. The van der Waals surface area contributed by atoms with Crippen LogP contribution in [0.15, 0.2) is 24.3 Å². The fraction of sp³-hybridized carbons (Fsp3) is 0.400. The quantitative estimate of drug-likeness (QED) is 0.541. The first kappa shape index (κ1) is 10.0. The molecule has 1 unspecified atom stereocenters. The Labute approximate surface area is 78.9 Å². The zero-order chi connectivity index (χ0) is 9.68. The van der Waals surface area contributed by atoms with Crippen LogP contribution >= 0.6 is 0 Å². The van der Waals surface area contributed by atoms with E-state index in [4.69, 9.17) is 10.6 Å². The maximum absolute atomic E-state index is 5.57. The topological polar surface area (TPSA) is 47.3 Å². The van der Waals surface area contributed by atoms with Crippen molar-refractivity contribution in [2.45, 2.75) is 20.0 Å². The molecule has 1 aromatic carbocycles. The lowest BCUT2D eigenvalue weighted by Crippen LogP contribution is -2.33. The van der Waals surface area contributed by atoms with E-state index >= 15 is 0 Å². The Kier molecular flexibility index (Phi) is 3.73. The van der Waals surface area contributed by atoms with Crippen molar-refractivity contribution in [1.29, 1.82) is 0 Å². The molecule has 0 radical (unpaired) electrons. The zero-order valence-corrected chi connectivity index (χ0v) is 8.08. The number of hydrogen-bond donors (Lipinski definition) is 2. The third-order valence-corrected chi connectivity index (χ3v) is 1.76. The van der Waals surface area contributed by atoms with Gasteiger partial charge in [0.2, 0.25) is 0 Å². The van der Waals surface area contributed by atoms with Gasteiger partial charge in [-0.2, -0.15) is 0 Å². The van der Waals surface area contributed by atoms with Gasteiger partial charge in [-0.3, -0.25) is 11.3 Å². The summed E-state index contributed by atoms with van der Waals surface area (Å²) in [6, 6.07) is 7.97. The molecule has 72 valence electrons. The molecule has 1 rings (SSSR count). The van der Waals surface area contributed by atoms with Gasteiger partial charge in [0.25, 0.3) is 0 Å². The molecule has 3 heteroatoms. The van der Waals surface area contributed by atoms with E-state index in [0.29, 0.717) is 6.54 Å². The highest BCUT2D eigenvalue weighted by atomic mass is 16.5. The molecule has 3 N–H and O–H groups in total. The summed E-state index contributed by atoms with van der Waals surface area (Å²) in [5.74, 6) is 6.06. The number of rotatable bonds is 4. The summed E-state index contributed by atoms with van der Waals surface area (Å²) in [6.45, 7) is 4.67. The van der Waals surface area contributed by atoms with Gasteiger partial charge in [-0.1, -0.05) is 17.7 Å². The molecule has 3 nitrogen and oxygen atoms in total. The molecule has 0 aliphatic rings. The van der Waals surface area contributed by atoms with Gasteiger partial charge in [0.15, 0.2) is 0 Å². The van der Waals surface area contributed by atoms with Crippen LogP contribution in [0.3, 0.4) is 0 Å². The van der Waals surface area contributed by atoms with Gasteiger partial charge in [0.1, 0.15) is 11.9 Å². The molecule has 13 heavy (non-hydrogen) atoms. The summed E-state index contributed by atoms with van der Waals surface area (Å²) in [6.07, 6.45) is 0.0905. The summed E-state index contributed by atoms with van der Waals surface area (Å²) >= 11 is 0. The van der Waals surface area contributed by atoms with Gasteiger partial charge in [-0.15, -0.1) is 0 Å². The molecular weight excluding hydrogens is 164 g/mol. The van der Waals surface area contributed by atoms with Crippen LogP contribution in [0.25, 0.3) is 0 Å². The summed E-state index contributed by atoms with van der Waals surface area (Å²) in [5.41, 5.74) is 3.81. The number of nitrogens with two attached hydrogens (primary N) is 1. The van der Waals surface area contributed by atoms with Crippen LogP contribution in [0.2, 0.25) is 0 Å². The van der Waals surface area contributed by atoms with Crippen LogP contribution in [-0.2, 0) is 0 Å². The minimum absolute atomic E-state index is 0.0905. The summed E-state index contributed by atoms with van der Waals surface area (Å²) in [5, 5.41) is 0. The van der Waals surface area contributed by atoms with Gasteiger partial charge in [0, 0.05) is 6.54 Å². The maximum Gasteiger partial charge on any atom is 0.119 e. The fourth-order valence-corrected chi connectivity index (χ4v) is 1.06. The van der Waals surface area contributed by atoms with Crippen molar-refractivity contribution in [3.8, 4) is 5.75 Å². The van der Waals surface area contributed by atoms with E-state index in [9.17, 15) is 0 Å². The predicted octanol–water partition coefficient (Wildman–Crippen LogP) is 1.23. The second-order valence-electron chi connectivity index (χ2n) is 3.15. The van der Waals surface area contributed by atoms with Gasteiger partial charge >= 0.3 is 0 Å². The highest BCUT2D eigenvalue weighted by Gasteiger charge is 2.01. The maximum atomic E-state index is 5.57. The molecule has 0 aromatic heterocycles. The van der Waals surface area contributed by atoms with E-state index in [1.807, 2.05) is 31.2 Å². The Morgan fingerprint density at radius 2 is 2.00 bits per heavy atom. The number of hydrogen-bond acceptors (Lipinski definition) is 3. The standard InChI is InChI=1S/C10H16N2O/c1-8-3-5-10(6-4-8)13-9(2)7-12-11/h3-6,9,12H,7,11H2,1-2H3. The number of aryl methyl sites for hydroxylation is 1. The summed E-state index contributed by atoms with van der Waals surface area (Å²) < 4.78 is 5.57. The normalized spacial score (nSPS) is 12.5. The Hall–Kier alpha value is -1.06. The van der Waals surface area contributed by atoms with Crippen LogP contribution in [0.5, 0.6) is 5.75 Å². The predicted molar refractivity (Wildman–Crippen MR) is 53.5 cm³/mol. The minimum Gasteiger partial charge on any atom is -0.489 e. The Balaban J connectivity index is 2.49. The van der Waals surface area contributed by atoms with Crippen molar-refractivity contribution in [1.82, 2.24) is 5.43 Å². The third-order valence-electron chi connectivity index (χ3n) is 1.76. The average Bonchev–Trinajstić information content (AvgIpc) is 2.09. The first-order valence-electron chi connectivity index (χ1n) is 4.39. The lowest BCUT2D eigenvalue weighted by Gasteiger charge is -2.13. The smallest absolute Gasteiger partial charge is 0.119 e. The number of nitrogens with one attached hydrogen (secondary N) is 1. The molecular formula is C10H16N2O. The largest absolute Gasteiger partial charge is 0.489 e. The molecule has 1 atom stereocenters. The molecule has 0 aliphatic heterocycles. The highest BCUT2D eigenvalue weighted by molar-refractivity contribution is 5.26. The van der Waals surface area contributed by atoms with E-state index in [1.54, 1.807) is 0 Å². The molecule has 1 aromatic rings. The second kappa shape index (κ2) is 4.84. The Bertz CT molecular complexity index is 246. The Morgan fingerprint density at radius 3 is 2.54 bits per heavy atom. The number of benzene rings is 1. The van der Waals surface area contributed by atoms with Crippen molar-refractivity contribution in [3.63, 3.8) is 0 Å². The summed E-state index contributed by atoms with van der Waals surface area (Å²) in [7, 11) is 0. The minimum atomic E-state index is 0.0905. The average molecular weight is 180 g/mol. The van der Waals surface area contributed by atoms with Crippen molar-refractivity contribution < 1.29 is 4.74 Å². The van der Waals surface area contributed by atoms with Crippen LogP contribution in [0.4, 0.5) is 0 Å². The highest BCUT2D eigenvalue weighted by Crippen LogP contribution is 2.12.